The molecule has 1 aliphatic heterocycles. The van der Waals surface area contributed by atoms with Crippen LogP contribution in [0.25, 0.3) is 0 Å². The number of carbonyl (C=O) groups excluding carboxylic acids is 2. The molecule has 0 saturated heterocycles. The van der Waals surface area contributed by atoms with E-state index in [-0.39, 0.29) is 19.3 Å². The highest BCUT2D eigenvalue weighted by atomic mass is 16.6. The second kappa shape index (κ2) is 8.44. The number of nitrogens with zero attached hydrogens (tertiary/aromatic N) is 1. The van der Waals surface area contributed by atoms with Gasteiger partial charge in [0.25, 0.3) is 5.91 Å². The van der Waals surface area contributed by atoms with Gasteiger partial charge in [0.15, 0.2) is 18.1 Å². The van der Waals surface area contributed by atoms with E-state index in [1.807, 2.05) is 49.3 Å². The number of hydrogen-bond acceptors (Lipinski definition) is 6. The molecule has 7 nitrogen and oxygen atoms in total. The lowest BCUT2D eigenvalue weighted by Crippen LogP contribution is -2.42. The molecule has 0 aliphatic carbocycles. The van der Waals surface area contributed by atoms with Gasteiger partial charge in [0.1, 0.15) is 12.7 Å². The molecule has 27 heavy (non-hydrogen) atoms. The van der Waals surface area contributed by atoms with Gasteiger partial charge in [-0.2, -0.15) is 0 Å². The normalized spacial score (nSPS) is 15.0. The maximum absolute atomic E-state index is 12.1. The van der Waals surface area contributed by atoms with E-state index >= 15 is 0 Å². The van der Waals surface area contributed by atoms with Gasteiger partial charge in [-0.15, -0.1) is 0 Å². The number of nitrogens with one attached hydrogen (secondary N) is 1. The molecule has 0 bridgehead atoms. The second-order valence-electron chi connectivity index (χ2n) is 6.32. The molecule has 0 spiro atoms. The summed E-state index contributed by atoms with van der Waals surface area (Å²) < 4.78 is 16.4. The summed E-state index contributed by atoms with van der Waals surface area (Å²) in [5, 5.41) is 2.69. The lowest BCUT2D eigenvalue weighted by molar-refractivity contribution is -0.124. The average molecular weight is 370 g/mol. The zero-order valence-corrected chi connectivity index (χ0v) is 15.3. The number of benzene rings is 2. The first-order valence-corrected chi connectivity index (χ1v) is 8.62. The summed E-state index contributed by atoms with van der Waals surface area (Å²) in [4.78, 5) is 25.9. The van der Waals surface area contributed by atoms with Crippen LogP contribution in [0.15, 0.2) is 48.5 Å². The minimum absolute atomic E-state index is 0.265. The Labute approximate surface area is 157 Å². The van der Waals surface area contributed by atoms with Crippen LogP contribution in [0, 0.1) is 0 Å². The molecule has 1 heterocycles. The SMILES string of the molecule is CN(C)c1cccc(C(=O)OCC(=O)NC[C@H]2COc3ccccc3O2)c1. The summed E-state index contributed by atoms with van der Waals surface area (Å²) in [6, 6.07) is 14.4. The first kappa shape index (κ1) is 18.6. The zero-order valence-electron chi connectivity index (χ0n) is 15.3. The van der Waals surface area contributed by atoms with Crippen LogP contribution in [0.4, 0.5) is 5.69 Å². The molecule has 2 aromatic carbocycles. The third-order valence-electron chi connectivity index (χ3n) is 4.03. The lowest BCUT2D eigenvalue weighted by atomic mass is 10.2. The molecule has 1 N–H and O–H groups in total. The molecular weight excluding hydrogens is 348 g/mol. The van der Waals surface area contributed by atoms with Crippen LogP contribution in [0.2, 0.25) is 0 Å². The number of anilines is 1. The van der Waals surface area contributed by atoms with E-state index in [9.17, 15) is 9.59 Å². The zero-order chi connectivity index (χ0) is 19.2. The summed E-state index contributed by atoms with van der Waals surface area (Å²) in [5.74, 6) is 0.402. The summed E-state index contributed by atoms with van der Waals surface area (Å²) in [7, 11) is 3.76. The Hall–Kier alpha value is -3.22. The molecule has 142 valence electrons. The smallest absolute Gasteiger partial charge is 0.338 e. The summed E-state index contributed by atoms with van der Waals surface area (Å²) in [6.07, 6.45) is -0.295. The van der Waals surface area contributed by atoms with Crippen LogP contribution in [-0.4, -0.2) is 51.8 Å². The highest BCUT2D eigenvalue weighted by Crippen LogP contribution is 2.30. The number of hydrogen-bond donors (Lipinski definition) is 1. The van der Waals surface area contributed by atoms with Gasteiger partial charge in [-0.3, -0.25) is 4.79 Å². The van der Waals surface area contributed by atoms with Gasteiger partial charge >= 0.3 is 5.97 Å². The Balaban J connectivity index is 1.44. The first-order chi connectivity index (χ1) is 13.0. The molecule has 2 aromatic rings. The summed E-state index contributed by atoms with van der Waals surface area (Å²) in [5.41, 5.74) is 1.28. The van der Waals surface area contributed by atoms with Crippen molar-refractivity contribution in [1.29, 1.82) is 0 Å². The van der Waals surface area contributed by atoms with Crippen molar-refractivity contribution in [2.75, 3.05) is 38.8 Å². The number of carbonyl (C=O) groups is 2. The fourth-order valence-electron chi connectivity index (χ4n) is 2.57. The van der Waals surface area contributed by atoms with Crippen molar-refractivity contribution in [3.63, 3.8) is 0 Å². The molecule has 1 amide bonds. The Morgan fingerprint density at radius 3 is 2.70 bits per heavy atom. The van der Waals surface area contributed by atoms with Crippen molar-refractivity contribution in [1.82, 2.24) is 5.32 Å². The number of ether oxygens (including phenoxy) is 3. The largest absolute Gasteiger partial charge is 0.486 e. The molecule has 1 aliphatic rings. The Kier molecular flexibility index (Phi) is 5.80. The maximum Gasteiger partial charge on any atom is 0.338 e. The van der Waals surface area contributed by atoms with Gasteiger partial charge in [-0.05, 0) is 30.3 Å². The lowest BCUT2D eigenvalue weighted by Gasteiger charge is -2.26. The number of rotatable bonds is 6. The van der Waals surface area contributed by atoms with E-state index in [1.54, 1.807) is 18.2 Å². The van der Waals surface area contributed by atoms with E-state index in [1.165, 1.54) is 0 Å². The molecule has 1 atom stereocenters. The minimum Gasteiger partial charge on any atom is -0.486 e. The van der Waals surface area contributed by atoms with Crippen molar-refractivity contribution >= 4 is 17.6 Å². The van der Waals surface area contributed by atoms with Crippen LogP contribution >= 0.6 is 0 Å². The molecule has 0 fully saturated rings. The van der Waals surface area contributed by atoms with Crippen LogP contribution in [0.3, 0.4) is 0 Å². The third kappa shape index (κ3) is 4.91. The molecule has 7 heteroatoms. The summed E-state index contributed by atoms with van der Waals surface area (Å²) in [6.45, 7) is 0.254. The molecule has 0 aromatic heterocycles. The predicted molar refractivity (Wildman–Crippen MR) is 100 cm³/mol. The van der Waals surface area contributed by atoms with E-state index in [4.69, 9.17) is 14.2 Å². The van der Waals surface area contributed by atoms with E-state index in [0.717, 1.165) is 5.69 Å². The van der Waals surface area contributed by atoms with Crippen LogP contribution in [0.1, 0.15) is 10.4 Å². The number of amides is 1. The number of fused-ring (bicyclic) bond motifs is 1. The molecule has 0 saturated carbocycles. The van der Waals surface area contributed by atoms with Crippen LogP contribution in [-0.2, 0) is 9.53 Å². The van der Waals surface area contributed by atoms with Gasteiger partial charge in [0.2, 0.25) is 0 Å². The summed E-state index contributed by atoms with van der Waals surface area (Å²) >= 11 is 0. The Morgan fingerprint density at radius 1 is 1.15 bits per heavy atom. The number of esters is 1. The highest BCUT2D eigenvalue weighted by Gasteiger charge is 2.21. The fourth-order valence-corrected chi connectivity index (χ4v) is 2.57. The van der Waals surface area contributed by atoms with Gasteiger partial charge in [0, 0.05) is 19.8 Å². The highest BCUT2D eigenvalue weighted by molar-refractivity contribution is 5.92. The molecule has 3 rings (SSSR count). The van der Waals surface area contributed by atoms with Crippen molar-refractivity contribution in [2.24, 2.45) is 0 Å². The van der Waals surface area contributed by atoms with Gasteiger partial charge in [-0.1, -0.05) is 18.2 Å². The molecule has 0 unspecified atom stereocenters. The monoisotopic (exact) mass is 370 g/mol. The van der Waals surface area contributed by atoms with Crippen molar-refractivity contribution in [2.45, 2.75) is 6.10 Å². The van der Waals surface area contributed by atoms with Gasteiger partial charge in [0.05, 0.1) is 12.1 Å². The average Bonchev–Trinajstić information content (AvgIpc) is 2.70. The molecule has 0 radical (unpaired) electrons. The van der Waals surface area contributed by atoms with Crippen LogP contribution < -0.4 is 19.7 Å². The Morgan fingerprint density at radius 2 is 1.93 bits per heavy atom. The minimum atomic E-state index is -0.542. The molecular formula is C20H22N2O5. The van der Waals surface area contributed by atoms with Gasteiger partial charge in [-0.25, -0.2) is 4.79 Å². The van der Waals surface area contributed by atoms with E-state index < -0.39 is 11.9 Å². The third-order valence-corrected chi connectivity index (χ3v) is 4.03. The van der Waals surface area contributed by atoms with Crippen molar-refractivity contribution < 1.29 is 23.8 Å². The predicted octanol–water partition coefficient (Wildman–Crippen LogP) is 1.87. The van der Waals surface area contributed by atoms with Crippen molar-refractivity contribution in [3.8, 4) is 11.5 Å². The van der Waals surface area contributed by atoms with Gasteiger partial charge < -0.3 is 24.4 Å². The first-order valence-electron chi connectivity index (χ1n) is 8.62. The number of para-hydroxylation sites is 2. The Bertz CT molecular complexity index is 822. The van der Waals surface area contributed by atoms with Crippen LogP contribution in [0.5, 0.6) is 11.5 Å². The topological polar surface area (TPSA) is 77.1 Å². The van der Waals surface area contributed by atoms with E-state index in [2.05, 4.69) is 5.32 Å². The maximum atomic E-state index is 12.1. The van der Waals surface area contributed by atoms with Crippen molar-refractivity contribution in [3.05, 3.63) is 54.1 Å². The standard InChI is InChI=1S/C20H22N2O5/c1-22(2)15-7-5-6-14(10-15)20(24)26-13-19(23)21-11-16-12-25-17-8-3-4-9-18(17)27-16/h3-10,16H,11-13H2,1-2H3,(H,21,23)/t16-/m0/s1. The fraction of sp³-hybridized carbons (Fsp3) is 0.300. The quantitative estimate of drug-likeness (QED) is 0.783. The van der Waals surface area contributed by atoms with E-state index in [0.29, 0.717) is 23.7 Å². The second-order valence-corrected chi connectivity index (χ2v) is 6.32.